The minimum Gasteiger partial charge on any atom is -0.497 e. The quantitative estimate of drug-likeness (QED) is 0.618. The molecular formula is C21H24N2O3. The number of rotatable bonds is 7. The summed E-state index contributed by atoms with van der Waals surface area (Å²) in [7, 11) is 1.66. The summed E-state index contributed by atoms with van der Waals surface area (Å²) >= 11 is 0. The molecule has 1 unspecified atom stereocenters. The number of benzene rings is 2. The molecule has 5 heteroatoms. The van der Waals surface area contributed by atoms with Gasteiger partial charge in [-0.15, -0.1) is 0 Å². The van der Waals surface area contributed by atoms with Crippen molar-refractivity contribution in [1.29, 1.82) is 0 Å². The Morgan fingerprint density at radius 2 is 1.92 bits per heavy atom. The molecule has 0 saturated carbocycles. The third-order valence-electron chi connectivity index (χ3n) is 4.31. The lowest BCUT2D eigenvalue weighted by Gasteiger charge is -2.12. The summed E-state index contributed by atoms with van der Waals surface area (Å²) in [6.07, 6.45) is 1.78. The normalized spacial score (nSPS) is 11.9. The minimum atomic E-state index is -0.191. The maximum Gasteiger partial charge on any atom is 0.315 e. The molecule has 0 fully saturated rings. The van der Waals surface area contributed by atoms with Crippen LogP contribution in [0.3, 0.4) is 0 Å². The highest BCUT2D eigenvalue weighted by atomic mass is 16.5. The van der Waals surface area contributed by atoms with Crippen molar-refractivity contribution < 1.29 is 13.9 Å². The van der Waals surface area contributed by atoms with Gasteiger partial charge in [0.25, 0.3) is 0 Å². The Balaban J connectivity index is 1.41. The molecule has 0 aliphatic rings. The lowest BCUT2D eigenvalue weighted by Crippen LogP contribution is -2.37. The van der Waals surface area contributed by atoms with Crippen molar-refractivity contribution in [1.82, 2.24) is 10.6 Å². The van der Waals surface area contributed by atoms with Crippen molar-refractivity contribution in [3.8, 4) is 5.75 Å². The second-order valence-electron chi connectivity index (χ2n) is 6.26. The van der Waals surface area contributed by atoms with Crippen LogP contribution in [0.1, 0.15) is 30.7 Å². The Kier molecular flexibility index (Phi) is 5.79. The Morgan fingerprint density at radius 3 is 2.65 bits per heavy atom. The molecule has 1 heterocycles. The summed E-state index contributed by atoms with van der Waals surface area (Å²) in [6, 6.07) is 17.4. The number of hydrogen-bond acceptors (Lipinski definition) is 3. The van der Waals surface area contributed by atoms with Crippen LogP contribution in [0.2, 0.25) is 0 Å². The molecule has 0 spiro atoms. The maximum atomic E-state index is 12.1. The predicted octanol–water partition coefficient (Wildman–Crippen LogP) is 4.43. The van der Waals surface area contributed by atoms with E-state index in [9.17, 15) is 4.79 Å². The lowest BCUT2D eigenvalue weighted by atomic mass is 10.1. The van der Waals surface area contributed by atoms with Gasteiger partial charge in [-0.1, -0.05) is 30.3 Å². The van der Waals surface area contributed by atoms with Crippen molar-refractivity contribution in [3.05, 3.63) is 65.9 Å². The number of fused-ring (bicyclic) bond motifs is 1. The van der Waals surface area contributed by atoms with E-state index in [4.69, 9.17) is 9.15 Å². The molecule has 0 aliphatic heterocycles. The topological polar surface area (TPSA) is 63.5 Å². The van der Waals surface area contributed by atoms with Crippen LogP contribution in [0.5, 0.6) is 5.75 Å². The van der Waals surface area contributed by atoms with E-state index in [1.54, 1.807) is 7.11 Å². The van der Waals surface area contributed by atoms with Crippen LogP contribution in [0.15, 0.2) is 59.0 Å². The molecule has 3 aromatic rings. The summed E-state index contributed by atoms with van der Waals surface area (Å²) in [5, 5.41) is 6.84. The van der Waals surface area contributed by atoms with Gasteiger partial charge < -0.3 is 19.8 Å². The highest BCUT2D eigenvalue weighted by Gasteiger charge is 2.13. The first-order valence-corrected chi connectivity index (χ1v) is 8.81. The van der Waals surface area contributed by atoms with E-state index in [2.05, 4.69) is 10.6 Å². The number of nitrogens with one attached hydrogen (secondary N) is 2. The number of carbonyl (C=O) groups excluding carboxylic acids is 1. The van der Waals surface area contributed by atoms with Crippen LogP contribution in [0.25, 0.3) is 11.0 Å². The highest BCUT2D eigenvalue weighted by Crippen LogP contribution is 2.23. The molecule has 0 aliphatic carbocycles. The number of ether oxygens (including phenoxy) is 1. The average molecular weight is 352 g/mol. The number of methoxy groups -OCH3 is 1. The number of para-hydroxylation sites is 1. The molecule has 1 aromatic heterocycles. The van der Waals surface area contributed by atoms with E-state index < -0.39 is 0 Å². The van der Waals surface area contributed by atoms with E-state index in [0.717, 1.165) is 35.3 Å². The molecule has 136 valence electrons. The number of furan rings is 1. The molecular weight excluding hydrogens is 328 g/mol. The SMILES string of the molecule is COc1ccc(CCCNC(=O)NC(C)c2cc3ccccc3o2)cc1. The Labute approximate surface area is 153 Å². The molecule has 1 atom stereocenters. The summed E-state index contributed by atoms with van der Waals surface area (Å²) in [4.78, 5) is 12.1. The second-order valence-corrected chi connectivity index (χ2v) is 6.26. The molecule has 5 nitrogen and oxygen atoms in total. The summed E-state index contributed by atoms with van der Waals surface area (Å²) in [6.45, 7) is 2.53. The monoisotopic (exact) mass is 352 g/mol. The van der Waals surface area contributed by atoms with Gasteiger partial charge in [-0.2, -0.15) is 0 Å². The van der Waals surface area contributed by atoms with Gasteiger partial charge in [0.2, 0.25) is 0 Å². The van der Waals surface area contributed by atoms with Gasteiger partial charge in [0, 0.05) is 11.9 Å². The molecule has 26 heavy (non-hydrogen) atoms. The molecule has 0 bridgehead atoms. The highest BCUT2D eigenvalue weighted by molar-refractivity contribution is 5.78. The Bertz CT molecular complexity index is 822. The smallest absolute Gasteiger partial charge is 0.315 e. The molecule has 0 saturated heterocycles. The molecule has 3 rings (SSSR count). The van der Waals surface area contributed by atoms with E-state index in [0.29, 0.717) is 6.54 Å². The van der Waals surface area contributed by atoms with Crippen molar-refractivity contribution in [2.24, 2.45) is 0 Å². The summed E-state index contributed by atoms with van der Waals surface area (Å²) in [5.41, 5.74) is 2.06. The largest absolute Gasteiger partial charge is 0.497 e. The first kappa shape index (κ1) is 17.9. The van der Waals surface area contributed by atoms with Crippen molar-refractivity contribution in [3.63, 3.8) is 0 Å². The fourth-order valence-corrected chi connectivity index (χ4v) is 2.82. The standard InChI is InChI=1S/C21H24N2O3/c1-15(20-14-17-7-3-4-8-19(17)26-20)23-21(24)22-13-5-6-16-9-11-18(25-2)12-10-16/h3-4,7-12,14-15H,5-6,13H2,1-2H3,(H2,22,23,24). The molecule has 2 N–H and O–H groups in total. The fourth-order valence-electron chi connectivity index (χ4n) is 2.82. The minimum absolute atomic E-state index is 0.187. The van der Waals surface area contributed by atoms with Gasteiger partial charge in [-0.3, -0.25) is 0 Å². The fraction of sp³-hybridized carbons (Fsp3) is 0.286. The van der Waals surface area contributed by atoms with Crippen LogP contribution < -0.4 is 15.4 Å². The van der Waals surface area contributed by atoms with Crippen LogP contribution in [0, 0.1) is 0 Å². The summed E-state index contributed by atoms with van der Waals surface area (Å²) < 4.78 is 10.9. The Morgan fingerprint density at radius 1 is 1.15 bits per heavy atom. The van der Waals surface area contributed by atoms with Gasteiger partial charge in [0.1, 0.15) is 17.1 Å². The number of amides is 2. The van der Waals surface area contributed by atoms with Crippen LogP contribution in [-0.4, -0.2) is 19.7 Å². The maximum absolute atomic E-state index is 12.1. The zero-order valence-electron chi connectivity index (χ0n) is 15.1. The number of aryl methyl sites for hydroxylation is 1. The van der Waals surface area contributed by atoms with Crippen molar-refractivity contribution in [2.45, 2.75) is 25.8 Å². The first-order chi connectivity index (χ1) is 12.7. The van der Waals surface area contributed by atoms with E-state index in [-0.39, 0.29) is 12.1 Å². The average Bonchev–Trinajstić information content (AvgIpc) is 3.10. The second kappa shape index (κ2) is 8.43. The van der Waals surface area contributed by atoms with Crippen LogP contribution >= 0.6 is 0 Å². The van der Waals surface area contributed by atoms with E-state index >= 15 is 0 Å². The van der Waals surface area contributed by atoms with E-state index in [1.807, 2.05) is 61.5 Å². The van der Waals surface area contributed by atoms with Gasteiger partial charge in [0.15, 0.2) is 0 Å². The third kappa shape index (κ3) is 4.57. The number of carbonyl (C=O) groups is 1. The summed E-state index contributed by atoms with van der Waals surface area (Å²) in [5.74, 6) is 1.60. The Hall–Kier alpha value is -2.95. The first-order valence-electron chi connectivity index (χ1n) is 8.81. The van der Waals surface area contributed by atoms with Gasteiger partial charge >= 0.3 is 6.03 Å². The zero-order chi connectivity index (χ0) is 18.4. The number of urea groups is 1. The third-order valence-corrected chi connectivity index (χ3v) is 4.31. The van der Waals surface area contributed by atoms with Gasteiger partial charge in [-0.05, 0) is 49.6 Å². The van der Waals surface area contributed by atoms with E-state index in [1.165, 1.54) is 5.56 Å². The molecule has 2 aromatic carbocycles. The molecule has 2 amide bonds. The predicted molar refractivity (Wildman–Crippen MR) is 102 cm³/mol. The van der Waals surface area contributed by atoms with Gasteiger partial charge in [-0.25, -0.2) is 4.79 Å². The van der Waals surface area contributed by atoms with Crippen molar-refractivity contribution in [2.75, 3.05) is 13.7 Å². The lowest BCUT2D eigenvalue weighted by molar-refractivity contribution is 0.236. The van der Waals surface area contributed by atoms with Crippen LogP contribution in [-0.2, 0) is 6.42 Å². The number of hydrogen-bond donors (Lipinski definition) is 2. The van der Waals surface area contributed by atoms with Crippen molar-refractivity contribution >= 4 is 17.0 Å². The van der Waals surface area contributed by atoms with Crippen LogP contribution in [0.4, 0.5) is 4.79 Å². The molecule has 0 radical (unpaired) electrons. The zero-order valence-corrected chi connectivity index (χ0v) is 15.1. The van der Waals surface area contributed by atoms with Gasteiger partial charge in [0.05, 0.1) is 13.2 Å².